The summed E-state index contributed by atoms with van der Waals surface area (Å²) in [4.78, 5) is 29.3. The number of carbonyl (C=O) groups excluding carboxylic acids is 2. The van der Waals surface area contributed by atoms with Crippen LogP contribution in [0.3, 0.4) is 0 Å². The number of para-hydroxylation sites is 1. The maximum Gasteiger partial charge on any atom is 0.261 e. The average molecular weight is 394 g/mol. The quantitative estimate of drug-likeness (QED) is 0.505. The van der Waals surface area contributed by atoms with Crippen molar-refractivity contribution in [3.63, 3.8) is 0 Å². The monoisotopic (exact) mass is 394 g/mol. The Morgan fingerprint density at radius 2 is 1.89 bits per heavy atom. The lowest BCUT2D eigenvalue weighted by molar-refractivity contribution is 0.100. The number of benzene rings is 1. The Morgan fingerprint density at radius 3 is 2.56 bits per heavy atom. The maximum absolute atomic E-state index is 12.9. The van der Waals surface area contributed by atoms with E-state index in [0.717, 1.165) is 10.6 Å². The molecule has 6 nitrogen and oxygen atoms in total. The first-order valence-corrected chi connectivity index (χ1v) is 9.84. The number of anilines is 1. The minimum atomic E-state index is -0.315. The van der Waals surface area contributed by atoms with Gasteiger partial charge in [0.25, 0.3) is 5.91 Å². The molecule has 1 N–H and O–H groups in total. The third kappa shape index (κ3) is 3.57. The molecule has 0 aliphatic rings. The number of amides is 1. The van der Waals surface area contributed by atoms with Crippen LogP contribution >= 0.6 is 22.7 Å². The van der Waals surface area contributed by atoms with E-state index in [9.17, 15) is 9.59 Å². The van der Waals surface area contributed by atoms with E-state index >= 15 is 0 Å². The molecule has 134 valence electrons. The highest BCUT2D eigenvalue weighted by Crippen LogP contribution is 2.28. The van der Waals surface area contributed by atoms with Crippen molar-refractivity contribution in [2.24, 2.45) is 0 Å². The van der Waals surface area contributed by atoms with Crippen LogP contribution < -0.4 is 5.32 Å². The van der Waals surface area contributed by atoms with Crippen LogP contribution in [0.25, 0.3) is 16.3 Å². The SMILES string of the molecule is CC(=O)c1csc(NC(=O)c2cn(-c3ccccc3)nc2-c2cccs2)n1. The number of aromatic nitrogens is 3. The summed E-state index contributed by atoms with van der Waals surface area (Å²) in [5.41, 5.74) is 2.26. The summed E-state index contributed by atoms with van der Waals surface area (Å²) in [5.74, 6) is -0.451. The molecule has 0 saturated carbocycles. The Kier molecular flexibility index (Phi) is 4.66. The smallest absolute Gasteiger partial charge is 0.261 e. The van der Waals surface area contributed by atoms with Crippen LogP contribution in [0.5, 0.6) is 0 Å². The predicted molar refractivity (Wildman–Crippen MR) is 107 cm³/mol. The zero-order chi connectivity index (χ0) is 18.8. The van der Waals surface area contributed by atoms with E-state index in [4.69, 9.17) is 0 Å². The molecule has 0 aliphatic carbocycles. The summed E-state index contributed by atoms with van der Waals surface area (Å²) in [7, 11) is 0. The van der Waals surface area contributed by atoms with Gasteiger partial charge in [-0.15, -0.1) is 22.7 Å². The highest BCUT2D eigenvalue weighted by molar-refractivity contribution is 7.14. The van der Waals surface area contributed by atoms with E-state index in [1.165, 1.54) is 29.6 Å². The Morgan fingerprint density at radius 1 is 1.07 bits per heavy atom. The van der Waals surface area contributed by atoms with E-state index < -0.39 is 0 Å². The summed E-state index contributed by atoms with van der Waals surface area (Å²) >= 11 is 2.74. The number of rotatable bonds is 5. The Bertz CT molecular complexity index is 1100. The molecule has 27 heavy (non-hydrogen) atoms. The highest BCUT2D eigenvalue weighted by Gasteiger charge is 2.20. The predicted octanol–water partition coefficient (Wildman–Crippen LogP) is 4.51. The van der Waals surface area contributed by atoms with E-state index in [1.807, 2.05) is 47.8 Å². The van der Waals surface area contributed by atoms with Crippen molar-refractivity contribution in [3.8, 4) is 16.3 Å². The molecule has 4 aromatic rings. The van der Waals surface area contributed by atoms with E-state index in [2.05, 4.69) is 15.4 Å². The fraction of sp³-hybridized carbons (Fsp3) is 0.0526. The summed E-state index contributed by atoms with van der Waals surface area (Å²) in [6.45, 7) is 1.44. The largest absolute Gasteiger partial charge is 0.298 e. The van der Waals surface area contributed by atoms with Gasteiger partial charge in [0.2, 0.25) is 0 Å². The summed E-state index contributed by atoms with van der Waals surface area (Å²) in [6, 6.07) is 13.5. The number of thiophene rings is 1. The molecule has 0 radical (unpaired) electrons. The van der Waals surface area contributed by atoms with Gasteiger partial charge in [0.15, 0.2) is 10.9 Å². The van der Waals surface area contributed by atoms with Crippen LogP contribution in [0.2, 0.25) is 0 Å². The van der Waals surface area contributed by atoms with Crippen LogP contribution in [0.4, 0.5) is 5.13 Å². The highest BCUT2D eigenvalue weighted by atomic mass is 32.1. The molecule has 8 heteroatoms. The number of Topliss-reactive ketones (excluding diaryl/α,β-unsaturated/α-hetero) is 1. The van der Waals surface area contributed by atoms with Crippen LogP contribution in [0.1, 0.15) is 27.8 Å². The molecule has 0 unspecified atom stereocenters. The normalized spacial score (nSPS) is 10.7. The number of nitrogens with one attached hydrogen (secondary N) is 1. The van der Waals surface area contributed by atoms with Crippen molar-refractivity contribution in [1.82, 2.24) is 14.8 Å². The first kappa shape index (κ1) is 17.3. The van der Waals surface area contributed by atoms with E-state index in [0.29, 0.717) is 22.1 Å². The first-order valence-electron chi connectivity index (χ1n) is 8.08. The maximum atomic E-state index is 12.9. The lowest BCUT2D eigenvalue weighted by Gasteiger charge is -2.00. The lowest BCUT2D eigenvalue weighted by Crippen LogP contribution is -2.12. The van der Waals surface area contributed by atoms with Gasteiger partial charge in [0, 0.05) is 18.5 Å². The van der Waals surface area contributed by atoms with Crippen molar-refractivity contribution >= 4 is 39.5 Å². The fourth-order valence-corrected chi connectivity index (χ4v) is 3.97. The zero-order valence-electron chi connectivity index (χ0n) is 14.2. The summed E-state index contributed by atoms with van der Waals surface area (Å²) < 4.78 is 1.69. The van der Waals surface area contributed by atoms with Crippen molar-refractivity contribution in [3.05, 3.63) is 70.7 Å². The van der Waals surface area contributed by atoms with Crippen LogP contribution in [-0.4, -0.2) is 26.5 Å². The Labute approximate surface area is 163 Å². The van der Waals surface area contributed by atoms with Gasteiger partial charge in [-0.05, 0) is 23.6 Å². The minimum Gasteiger partial charge on any atom is -0.298 e. The minimum absolute atomic E-state index is 0.136. The molecule has 0 fully saturated rings. The van der Waals surface area contributed by atoms with Gasteiger partial charge in [-0.1, -0.05) is 24.3 Å². The average Bonchev–Trinajstić information content (AvgIpc) is 3.42. The number of carbonyl (C=O) groups is 2. The van der Waals surface area contributed by atoms with Gasteiger partial charge in [-0.2, -0.15) is 5.10 Å². The molecule has 3 aromatic heterocycles. The lowest BCUT2D eigenvalue weighted by atomic mass is 10.2. The van der Waals surface area contributed by atoms with Gasteiger partial charge in [0.05, 0.1) is 16.1 Å². The molecular formula is C19H14N4O2S2. The van der Waals surface area contributed by atoms with E-state index in [-0.39, 0.29) is 11.7 Å². The van der Waals surface area contributed by atoms with Crippen LogP contribution in [0.15, 0.2) is 59.4 Å². The molecule has 4 rings (SSSR count). The third-order valence-corrected chi connectivity index (χ3v) is 5.45. The second kappa shape index (κ2) is 7.26. The fourth-order valence-electron chi connectivity index (χ4n) is 2.51. The van der Waals surface area contributed by atoms with Crippen molar-refractivity contribution in [1.29, 1.82) is 0 Å². The second-order valence-electron chi connectivity index (χ2n) is 5.70. The van der Waals surface area contributed by atoms with Gasteiger partial charge >= 0.3 is 0 Å². The Hall–Kier alpha value is -3.10. The molecule has 0 atom stereocenters. The molecule has 0 bridgehead atoms. The third-order valence-electron chi connectivity index (χ3n) is 3.82. The first-order chi connectivity index (χ1) is 13.1. The number of hydrogen-bond acceptors (Lipinski definition) is 6. The molecule has 1 aromatic carbocycles. The second-order valence-corrected chi connectivity index (χ2v) is 7.50. The van der Waals surface area contributed by atoms with Gasteiger partial charge < -0.3 is 0 Å². The topological polar surface area (TPSA) is 76.9 Å². The van der Waals surface area contributed by atoms with Crippen molar-refractivity contribution < 1.29 is 9.59 Å². The zero-order valence-corrected chi connectivity index (χ0v) is 15.9. The number of ketones is 1. The molecular weight excluding hydrogens is 380 g/mol. The molecule has 0 aliphatic heterocycles. The number of thiazole rings is 1. The van der Waals surface area contributed by atoms with Gasteiger partial charge in [-0.25, -0.2) is 9.67 Å². The molecule has 1 amide bonds. The van der Waals surface area contributed by atoms with Gasteiger partial charge in [-0.3, -0.25) is 14.9 Å². The Balaban J connectivity index is 1.70. The molecule has 0 saturated heterocycles. The molecule has 3 heterocycles. The van der Waals surface area contributed by atoms with Crippen LogP contribution in [0, 0.1) is 0 Å². The number of hydrogen-bond donors (Lipinski definition) is 1. The van der Waals surface area contributed by atoms with Crippen molar-refractivity contribution in [2.75, 3.05) is 5.32 Å². The standard InChI is InChI=1S/C19H14N4O2S2/c1-12(24)15-11-27-19(20-15)21-18(25)14-10-23(13-6-3-2-4-7-13)22-17(14)16-8-5-9-26-16/h2-11H,1H3,(H,20,21,25). The van der Waals surface area contributed by atoms with Crippen molar-refractivity contribution in [2.45, 2.75) is 6.92 Å². The summed E-state index contributed by atoms with van der Waals surface area (Å²) in [6.07, 6.45) is 1.71. The number of nitrogens with zero attached hydrogens (tertiary/aromatic N) is 3. The molecule has 0 spiro atoms. The van der Waals surface area contributed by atoms with Crippen LogP contribution in [-0.2, 0) is 0 Å². The van der Waals surface area contributed by atoms with E-state index in [1.54, 1.807) is 16.3 Å². The van der Waals surface area contributed by atoms with Gasteiger partial charge in [0.1, 0.15) is 11.4 Å². The summed E-state index contributed by atoms with van der Waals surface area (Å²) in [5, 5.41) is 11.3.